The molecule has 0 bridgehead atoms. The van der Waals surface area contributed by atoms with Crippen LogP contribution in [0.15, 0.2) is 18.5 Å². The third kappa shape index (κ3) is 4.26. The molecule has 32 heavy (non-hydrogen) atoms. The summed E-state index contributed by atoms with van der Waals surface area (Å²) in [5.74, 6) is -0.297. The highest BCUT2D eigenvalue weighted by Gasteiger charge is 2.35. The number of likely N-dealkylation sites (tertiary alicyclic amines) is 1. The molecule has 4 amide bonds. The van der Waals surface area contributed by atoms with Crippen molar-refractivity contribution in [1.29, 1.82) is 0 Å². The number of pyridine rings is 1. The second-order valence-corrected chi connectivity index (χ2v) is 9.34. The maximum absolute atomic E-state index is 15.2. The fraction of sp³-hybridized carbons (Fsp3) is 0.545. The average Bonchev–Trinajstić information content (AvgIpc) is 3.02. The van der Waals surface area contributed by atoms with Crippen LogP contribution < -0.4 is 10.2 Å². The van der Waals surface area contributed by atoms with E-state index in [-0.39, 0.29) is 25.4 Å². The standard InChI is InChI=1S/C22H28FN5O4/c1-13-11-28(17-5-7-26(12-16(17)23)21(31)32-22(2,3)4)19-15(13)9-14(10-24-19)27-8-6-18(29)25-20(27)30/h9-11,16-17H,5-8,12H2,1-4H3,(H,25,29,30)/t16-,17-/m1/s1. The van der Waals surface area contributed by atoms with Crippen molar-refractivity contribution in [1.82, 2.24) is 19.8 Å². The molecular weight excluding hydrogens is 417 g/mol. The number of imide groups is 1. The number of aromatic nitrogens is 2. The molecule has 0 unspecified atom stereocenters. The highest BCUT2D eigenvalue weighted by molar-refractivity contribution is 6.06. The highest BCUT2D eigenvalue weighted by atomic mass is 19.1. The molecular formula is C22H28FN5O4. The number of hydrogen-bond donors (Lipinski definition) is 1. The van der Waals surface area contributed by atoms with E-state index in [1.165, 1.54) is 9.80 Å². The zero-order valence-electron chi connectivity index (χ0n) is 18.7. The average molecular weight is 445 g/mol. The summed E-state index contributed by atoms with van der Waals surface area (Å²) in [4.78, 5) is 43.3. The van der Waals surface area contributed by atoms with Crippen LogP contribution in [0, 0.1) is 6.92 Å². The maximum atomic E-state index is 15.2. The lowest BCUT2D eigenvalue weighted by Crippen LogP contribution is -2.49. The van der Waals surface area contributed by atoms with Gasteiger partial charge in [-0.15, -0.1) is 0 Å². The van der Waals surface area contributed by atoms with Crippen molar-refractivity contribution in [2.24, 2.45) is 0 Å². The van der Waals surface area contributed by atoms with Crippen LogP contribution in [0.1, 0.15) is 45.2 Å². The van der Waals surface area contributed by atoms with Crippen molar-refractivity contribution in [3.05, 3.63) is 24.0 Å². The number of alkyl halides is 1. The van der Waals surface area contributed by atoms with Crippen LogP contribution in [0.4, 0.5) is 19.7 Å². The number of rotatable bonds is 2. The number of ether oxygens (including phenoxy) is 1. The van der Waals surface area contributed by atoms with Gasteiger partial charge < -0.3 is 14.2 Å². The first-order valence-corrected chi connectivity index (χ1v) is 10.7. The number of nitrogens with one attached hydrogen (secondary N) is 1. The van der Waals surface area contributed by atoms with Gasteiger partial charge in [-0.05, 0) is 45.7 Å². The molecule has 0 saturated carbocycles. The fourth-order valence-electron chi connectivity index (χ4n) is 4.19. The minimum Gasteiger partial charge on any atom is -0.444 e. The van der Waals surface area contributed by atoms with E-state index in [0.717, 1.165) is 10.9 Å². The lowest BCUT2D eigenvalue weighted by atomic mass is 10.0. The molecule has 0 aliphatic carbocycles. The lowest BCUT2D eigenvalue weighted by Gasteiger charge is -2.36. The van der Waals surface area contributed by atoms with Crippen molar-refractivity contribution in [2.75, 3.05) is 24.5 Å². The van der Waals surface area contributed by atoms with Gasteiger partial charge in [0.25, 0.3) is 0 Å². The molecule has 2 atom stereocenters. The Bertz CT molecular complexity index is 1080. The predicted molar refractivity (Wildman–Crippen MR) is 116 cm³/mol. The van der Waals surface area contributed by atoms with E-state index in [9.17, 15) is 14.4 Å². The van der Waals surface area contributed by atoms with Gasteiger partial charge in [-0.25, -0.2) is 19.0 Å². The molecule has 1 N–H and O–H groups in total. The van der Waals surface area contributed by atoms with E-state index in [1.54, 1.807) is 27.0 Å². The Morgan fingerprint density at radius 2 is 2.03 bits per heavy atom. The van der Waals surface area contributed by atoms with E-state index in [0.29, 0.717) is 24.3 Å². The van der Waals surface area contributed by atoms with Crippen molar-refractivity contribution >= 4 is 34.8 Å². The number of hydrogen-bond acceptors (Lipinski definition) is 5. The van der Waals surface area contributed by atoms with Gasteiger partial charge in [-0.2, -0.15) is 0 Å². The quantitative estimate of drug-likeness (QED) is 0.765. The normalized spacial score (nSPS) is 22.3. The Balaban J connectivity index is 1.55. The maximum Gasteiger partial charge on any atom is 0.410 e. The Labute approximate surface area is 185 Å². The first kappa shape index (κ1) is 22.0. The molecule has 0 aromatic carbocycles. The molecule has 0 spiro atoms. The van der Waals surface area contributed by atoms with Crippen molar-refractivity contribution < 1.29 is 23.5 Å². The van der Waals surface area contributed by atoms with Crippen LogP contribution in [0.3, 0.4) is 0 Å². The van der Waals surface area contributed by atoms with Crippen LogP contribution in [0.25, 0.3) is 11.0 Å². The SMILES string of the molecule is Cc1cn([C@@H]2CCN(C(=O)OC(C)(C)C)C[C@H]2F)c2ncc(N3CCC(=O)NC3=O)cc12. The van der Waals surface area contributed by atoms with Gasteiger partial charge in [0.05, 0.1) is 24.5 Å². The molecule has 0 radical (unpaired) electrons. The van der Waals surface area contributed by atoms with Crippen LogP contribution in [0.5, 0.6) is 0 Å². The fourth-order valence-corrected chi connectivity index (χ4v) is 4.19. The molecule has 172 valence electrons. The first-order chi connectivity index (χ1) is 15.0. The third-order valence-corrected chi connectivity index (χ3v) is 5.74. The molecule has 4 rings (SSSR count). The predicted octanol–water partition coefficient (Wildman–Crippen LogP) is 3.31. The van der Waals surface area contributed by atoms with Crippen LogP contribution >= 0.6 is 0 Å². The Kier molecular flexibility index (Phi) is 5.56. The summed E-state index contributed by atoms with van der Waals surface area (Å²) in [5.41, 5.74) is 1.48. The van der Waals surface area contributed by atoms with E-state index < -0.39 is 29.9 Å². The number of urea groups is 1. The number of anilines is 1. The monoisotopic (exact) mass is 445 g/mol. The summed E-state index contributed by atoms with van der Waals surface area (Å²) in [6.45, 7) is 7.89. The number of aryl methyl sites for hydroxylation is 1. The number of piperidine rings is 1. The molecule has 2 saturated heterocycles. The van der Waals surface area contributed by atoms with Gasteiger partial charge in [0.15, 0.2) is 0 Å². The summed E-state index contributed by atoms with van der Waals surface area (Å²) in [5, 5.41) is 3.12. The Hall–Kier alpha value is -3.17. The molecule has 4 heterocycles. The molecule has 10 heteroatoms. The number of carbonyl (C=O) groups is 3. The highest BCUT2D eigenvalue weighted by Crippen LogP contribution is 2.33. The van der Waals surface area contributed by atoms with Crippen LogP contribution in [-0.2, 0) is 9.53 Å². The Morgan fingerprint density at radius 3 is 2.69 bits per heavy atom. The van der Waals surface area contributed by atoms with Gasteiger partial charge in [0, 0.05) is 31.1 Å². The molecule has 2 fully saturated rings. The van der Waals surface area contributed by atoms with E-state index in [2.05, 4.69) is 10.3 Å². The number of fused-ring (bicyclic) bond motifs is 1. The summed E-state index contributed by atoms with van der Waals surface area (Å²) in [6.07, 6.45) is 2.31. The minimum absolute atomic E-state index is 0.0433. The third-order valence-electron chi connectivity index (χ3n) is 5.74. The van der Waals surface area contributed by atoms with E-state index in [4.69, 9.17) is 4.74 Å². The van der Waals surface area contributed by atoms with E-state index >= 15 is 4.39 Å². The molecule has 2 aliphatic rings. The van der Waals surface area contributed by atoms with Crippen molar-refractivity contribution in [2.45, 2.75) is 58.4 Å². The number of carbonyl (C=O) groups excluding carboxylic acids is 3. The minimum atomic E-state index is -1.27. The number of halogens is 1. The van der Waals surface area contributed by atoms with Gasteiger partial charge in [-0.3, -0.25) is 15.0 Å². The molecule has 2 aliphatic heterocycles. The van der Waals surface area contributed by atoms with Gasteiger partial charge >= 0.3 is 12.1 Å². The van der Waals surface area contributed by atoms with Gasteiger partial charge in [0.2, 0.25) is 5.91 Å². The first-order valence-electron chi connectivity index (χ1n) is 10.7. The van der Waals surface area contributed by atoms with Gasteiger partial charge in [-0.1, -0.05) is 0 Å². The summed E-state index contributed by atoms with van der Waals surface area (Å²) >= 11 is 0. The Morgan fingerprint density at radius 1 is 1.28 bits per heavy atom. The number of amides is 4. The van der Waals surface area contributed by atoms with Crippen LogP contribution in [-0.4, -0.2) is 63.9 Å². The second kappa shape index (κ2) is 8.07. The zero-order chi connectivity index (χ0) is 23.2. The molecule has 2 aromatic rings. The zero-order valence-corrected chi connectivity index (χ0v) is 18.7. The van der Waals surface area contributed by atoms with Crippen molar-refractivity contribution in [3.63, 3.8) is 0 Å². The number of nitrogens with zero attached hydrogens (tertiary/aromatic N) is 4. The summed E-state index contributed by atoms with van der Waals surface area (Å²) < 4.78 is 22.4. The molecule has 9 nitrogen and oxygen atoms in total. The van der Waals surface area contributed by atoms with Crippen LogP contribution in [0.2, 0.25) is 0 Å². The second-order valence-electron chi connectivity index (χ2n) is 9.34. The topological polar surface area (TPSA) is 96.8 Å². The summed E-state index contributed by atoms with van der Waals surface area (Å²) in [7, 11) is 0. The smallest absolute Gasteiger partial charge is 0.410 e. The molecule has 2 aromatic heterocycles. The summed E-state index contributed by atoms with van der Waals surface area (Å²) in [6, 6.07) is 0.907. The van der Waals surface area contributed by atoms with Gasteiger partial charge in [0.1, 0.15) is 17.4 Å². The largest absolute Gasteiger partial charge is 0.444 e. The van der Waals surface area contributed by atoms with Crippen molar-refractivity contribution in [3.8, 4) is 0 Å². The lowest BCUT2D eigenvalue weighted by molar-refractivity contribution is -0.120. The van der Waals surface area contributed by atoms with E-state index in [1.807, 2.05) is 23.8 Å².